The molecule has 200 valence electrons. The van der Waals surface area contributed by atoms with E-state index in [-0.39, 0.29) is 6.23 Å². The summed E-state index contributed by atoms with van der Waals surface area (Å²) in [5, 5.41) is 3.84. The van der Waals surface area contributed by atoms with E-state index in [4.69, 9.17) is 4.43 Å². The molecule has 0 bridgehead atoms. The monoisotopic (exact) mass is 532 g/mol. The molecule has 0 saturated carbocycles. The van der Waals surface area contributed by atoms with Gasteiger partial charge in [-0.2, -0.15) is 0 Å². The zero-order valence-electron chi connectivity index (χ0n) is 23.5. The van der Waals surface area contributed by atoms with Crippen molar-refractivity contribution in [3.8, 4) is 11.3 Å². The molecule has 0 N–H and O–H groups in total. The summed E-state index contributed by atoms with van der Waals surface area (Å²) < 4.78 is 9.81. The second kappa shape index (κ2) is 12.6. The second-order valence-electron chi connectivity index (χ2n) is 11.7. The van der Waals surface area contributed by atoms with Crippen LogP contribution in [0.4, 0.5) is 0 Å². The fourth-order valence-corrected chi connectivity index (χ4v) is 7.81. The van der Waals surface area contributed by atoms with Gasteiger partial charge in [0.1, 0.15) is 6.23 Å². The van der Waals surface area contributed by atoms with Crippen molar-refractivity contribution < 1.29 is 4.43 Å². The summed E-state index contributed by atoms with van der Waals surface area (Å²) in [7, 11) is -1.97. The Labute approximate surface area is 235 Å². The third kappa shape index (κ3) is 6.94. The summed E-state index contributed by atoms with van der Waals surface area (Å²) in [5.41, 5.74) is 3.87. The van der Waals surface area contributed by atoms with E-state index in [2.05, 4.69) is 127 Å². The van der Waals surface area contributed by atoms with Crippen LogP contribution in [-0.4, -0.2) is 18.6 Å². The number of unbranched alkanes of at least 4 members (excludes halogenated alkanes) is 2. The lowest BCUT2D eigenvalue weighted by molar-refractivity contribution is 0.129. The van der Waals surface area contributed by atoms with E-state index in [9.17, 15) is 0 Å². The number of pyridine rings is 1. The van der Waals surface area contributed by atoms with Crippen LogP contribution in [0.1, 0.15) is 59.1 Å². The van der Waals surface area contributed by atoms with Crippen LogP contribution in [0.2, 0.25) is 0 Å². The highest BCUT2D eigenvalue weighted by atomic mass is 28.3. The first-order valence-electron chi connectivity index (χ1n) is 14.3. The molecule has 0 radical (unpaired) electrons. The van der Waals surface area contributed by atoms with E-state index in [1.54, 1.807) is 0 Å². The number of nitrogens with zero attached hydrogens (tertiary/aromatic N) is 2. The van der Waals surface area contributed by atoms with Gasteiger partial charge in [0.05, 0.1) is 11.2 Å². The highest BCUT2D eigenvalue weighted by Gasteiger charge is 2.26. The number of rotatable bonds is 11. The maximum atomic E-state index is 7.37. The molecule has 0 aliphatic carbocycles. The Morgan fingerprint density at radius 2 is 1.44 bits per heavy atom. The van der Waals surface area contributed by atoms with Crippen LogP contribution in [0.25, 0.3) is 22.2 Å². The minimum atomic E-state index is -1.97. The summed E-state index contributed by atoms with van der Waals surface area (Å²) in [4.78, 5) is 4.45. The average Bonchev–Trinajstić information content (AvgIpc) is 3.35. The summed E-state index contributed by atoms with van der Waals surface area (Å²) in [6.45, 7) is 7.00. The van der Waals surface area contributed by atoms with E-state index in [0.717, 1.165) is 24.1 Å². The standard InChI is InChI=1S/C35H40N2OSi/c1-35(2,3)24-14-6-11-23-34(38-39(30-18-7-4-8-19-30)31-20-9-5-10-21-31)37-32-22-13-12-16-28(32)26-33(37)29-17-15-25-36-27-29/h4-5,7-10,12-13,15-22,25-27,34,39H,6,11,14,23-24H2,1-3H3. The van der Waals surface area contributed by atoms with Crippen molar-refractivity contribution in [3.63, 3.8) is 0 Å². The van der Waals surface area contributed by atoms with Crippen molar-refractivity contribution in [2.24, 2.45) is 5.41 Å². The molecule has 2 heterocycles. The van der Waals surface area contributed by atoms with Gasteiger partial charge in [0.2, 0.25) is 9.04 Å². The van der Waals surface area contributed by atoms with Crippen molar-refractivity contribution in [2.75, 3.05) is 0 Å². The number of aromatic nitrogens is 2. The minimum Gasteiger partial charge on any atom is -0.391 e. The molecule has 2 aromatic heterocycles. The fourth-order valence-electron chi connectivity index (χ4n) is 5.39. The van der Waals surface area contributed by atoms with Gasteiger partial charge in [0.15, 0.2) is 0 Å². The molecule has 0 fully saturated rings. The molecular formula is C35H40N2OSi. The predicted octanol–water partition coefficient (Wildman–Crippen LogP) is 7.75. The molecule has 5 rings (SSSR count). The Bertz CT molecular complexity index is 1400. The molecule has 0 aliphatic rings. The normalized spacial score (nSPS) is 12.7. The Morgan fingerprint density at radius 1 is 0.769 bits per heavy atom. The van der Waals surface area contributed by atoms with E-state index < -0.39 is 9.04 Å². The molecule has 5 aromatic rings. The topological polar surface area (TPSA) is 27.1 Å². The molecule has 0 aliphatic heterocycles. The highest BCUT2D eigenvalue weighted by Crippen LogP contribution is 2.34. The first kappa shape index (κ1) is 27.1. The van der Waals surface area contributed by atoms with Gasteiger partial charge in [-0.25, -0.2) is 0 Å². The van der Waals surface area contributed by atoms with Crippen LogP contribution >= 0.6 is 0 Å². The lowest BCUT2D eigenvalue weighted by Crippen LogP contribution is -2.46. The molecule has 4 heteroatoms. The summed E-state index contributed by atoms with van der Waals surface area (Å²) in [6.07, 6.45) is 9.53. The summed E-state index contributed by atoms with van der Waals surface area (Å²) in [5.74, 6) is 0. The van der Waals surface area contributed by atoms with Gasteiger partial charge in [-0.1, -0.05) is 112 Å². The third-order valence-electron chi connectivity index (χ3n) is 7.37. The predicted molar refractivity (Wildman–Crippen MR) is 167 cm³/mol. The van der Waals surface area contributed by atoms with Crippen molar-refractivity contribution in [1.29, 1.82) is 0 Å². The Kier molecular flexibility index (Phi) is 8.75. The number of fused-ring (bicyclic) bond motifs is 1. The van der Waals surface area contributed by atoms with Crippen molar-refractivity contribution >= 4 is 30.3 Å². The molecule has 3 aromatic carbocycles. The molecule has 39 heavy (non-hydrogen) atoms. The van der Waals surface area contributed by atoms with Crippen molar-refractivity contribution in [3.05, 3.63) is 116 Å². The second-order valence-corrected chi connectivity index (χ2v) is 14.0. The molecular weight excluding hydrogens is 492 g/mol. The van der Waals surface area contributed by atoms with Gasteiger partial charge in [-0.15, -0.1) is 0 Å². The lowest BCUT2D eigenvalue weighted by atomic mass is 9.89. The van der Waals surface area contributed by atoms with Crippen LogP contribution in [0, 0.1) is 5.41 Å². The lowest BCUT2D eigenvalue weighted by Gasteiger charge is -2.29. The van der Waals surface area contributed by atoms with E-state index in [1.165, 1.54) is 40.5 Å². The largest absolute Gasteiger partial charge is 0.391 e. The number of benzene rings is 3. The third-order valence-corrected chi connectivity index (χ3v) is 9.94. The van der Waals surface area contributed by atoms with Gasteiger partial charge in [-0.3, -0.25) is 4.98 Å². The fraction of sp³-hybridized carbons (Fsp3) is 0.286. The minimum absolute atomic E-state index is 0.0770. The molecule has 0 amide bonds. The van der Waals surface area contributed by atoms with Gasteiger partial charge in [0, 0.05) is 23.3 Å². The zero-order valence-corrected chi connectivity index (χ0v) is 24.6. The average molecular weight is 533 g/mol. The van der Waals surface area contributed by atoms with E-state index in [1.807, 2.05) is 18.5 Å². The smallest absolute Gasteiger partial charge is 0.242 e. The molecule has 3 nitrogen and oxygen atoms in total. The van der Waals surface area contributed by atoms with E-state index >= 15 is 0 Å². The Hall–Kier alpha value is -3.47. The van der Waals surface area contributed by atoms with Crippen LogP contribution in [0.3, 0.4) is 0 Å². The molecule has 1 atom stereocenters. The SMILES string of the molecule is CC(C)(C)CCCCCC(O[SiH](c1ccccc1)c1ccccc1)n1c(-c2cccnc2)cc2ccccc21. The van der Waals surface area contributed by atoms with Gasteiger partial charge >= 0.3 is 0 Å². The van der Waals surface area contributed by atoms with Crippen LogP contribution in [0.15, 0.2) is 116 Å². The maximum Gasteiger partial charge on any atom is 0.242 e. The van der Waals surface area contributed by atoms with Crippen LogP contribution < -0.4 is 10.4 Å². The van der Waals surface area contributed by atoms with Crippen molar-refractivity contribution in [1.82, 2.24) is 9.55 Å². The van der Waals surface area contributed by atoms with Gasteiger partial charge in [-0.05, 0) is 59.3 Å². The number of para-hydroxylation sites is 1. The first-order chi connectivity index (χ1) is 19.0. The van der Waals surface area contributed by atoms with Crippen LogP contribution in [-0.2, 0) is 4.43 Å². The maximum absolute atomic E-state index is 7.37. The van der Waals surface area contributed by atoms with Crippen molar-refractivity contribution in [2.45, 2.75) is 59.1 Å². The summed E-state index contributed by atoms with van der Waals surface area (Å²) >= 11 is 0. The van der Waals surface area contributed by atoms with Gasteiger partial charge < -0.3 is 8.99 Å². The Balaban J connectivity index is 1.55. The number of hydrogen-bond acceptors (Lipinski definition) is 2. The Morgan fingerprint density at radius 3 is 2.08 bits per heavy atom. The zero-order chi connectivity index (χ0) is 27.1. The molecule has 0 spiro atoms. The quantitative estimate of drug-likeness (QED) is 0.128. The van der Waals surface area contributed by atoms with Gasteiger partial charge in [0.25, 0.3) is 0 Å². The molecule has 0 saturated heterocycles. The first-order valence-corrected chi connectivity index (χ1v) is 15.9. The highest BCUT2D eigenvalue weighted by molar-refractivity contribution is 6.80. The van der Waals surface area contributed by atoms with E-state index in [0.29, 0.717) is 5.41 Å². The van der Waals surface area contributed by atoms with Crippen LogP contribution in [0.5, 0.6) is 0 Å². The number of hydrogen-bond donors (Lipinski definition) is 0. The summed E-state index contributed by atoms with van der Waals surface area (Å²) in [6, 6.07) is 36.8. The molecule has 1 unspecified atom stereocenters.